The fourth-order valence-electron chi connectivity index (χ4n) is 2.24. The third kappa shape index (κ3) is 3.36. The molecular weight excluding hydrogens is 326 g/mol. The number of amides is 1. The van der Waals surface area contributed by atoms with Gasteiger partial charge in [0, 0.05) is 22.1 Å². The number of H-pyrrole nitrogens is 1. The number of aryl methyl sites for hydroxylation is 1. The number of halogens is 1. The minimum absolute atomic E-state index is 0.0224. The van der Waals surface area contributed by atoms with Crippen LogP contribution in [-0.2, 0) is 0 Å². The summed E-state index contributed by atoms with van der Waals surface area (Å²) in [7, 11) is 0. The van der Waals surface area contributed by atoms with Crippen molar-refractivity contribution in [1.29, 1.82) is 0 Å². The van der Waals surface area contributed by atoms with Gasteiger partial charge < -0.3 is 4.98 Å². The molecule has 1 heterocycles. The third-order valence-corrected chi connectivity index (χ3v) is 3.78. The van der Waals surface area contributed by atoms with Crippen LogP contribution in [0.3, 0.4) is 0 Å². The van der Waals surface area contributed by atoms with E-state index in [1.165, 1.54) is 18.5 Å². The Morgan fingerprint density at radius 1 is 1.21 bits per heavy atom. The highest BCUT2D eigenvalue weighted by Crippen LogP contribution is 2.15. The number of hydrogen-bond donors (Lipinski definition) is 2. The van der Waals surface area contributed by atoms with Crippen LogP contribution in [-0.4, -0.2) is 17.1 Å². The number of hydrazone groups is 1. The van der Waals surface area contributed by atoms with Gasteiger partial charge in [-0.25, -0.2) is 5.43 Å². The molecular formula is C18H14ClN3O2. The van der Waals surface area contributed by atoms with Gasteiger partial charge in [0.05, 0.1) is 6.21 Å². The maximum absolute atomic E-state index is 12.4. The zero-order chi connectivity index (χ0) is 17.1. The van der Waals surface area contributed by atoms with Gasteiger partial charge in [-0.15, -0.1) is 0 Å². The first-order valence-electron chi connectivity index (χ1n) is 7.25. The lowest BCUT2D eigenvalue weighted by Crippen LogP contribution is -2.25. The fraction of sp³-hybridized carbons (Fsp3) is 0.0556. The molecule has 24 heavy (non-hydrogen) atoms. The van der Waals surface area contributed by atoms with E-state index < -0.39 is 11.3 Å². The second kappa shape index (κ2) is 6.68. The molecule has 0 saturated heterocycles. The number of carbonyl (C=O) groups excluding carboxylic acids is 1. The van der Waals surface area contributed by atoms with Gasteiger partial charge in [-0.2, -0.15) is 5.10 Å². The minimum Gasteiger partial charge on any atom is -0.360 e. The van der Waals surface area contributed by atoms with Gasteiger partial charge in [0.15, 0.2) is 0 Å². The summed E-state index contributed by atoms with van der Waals surface area (Å²) in [6.45, 7) is 1.99. The Morgan fingerprint density at radius 2 is 1.96 bits per heavy atom. The van der Waals surface area contributed by atoms with Crippen LogP contribution in [0.15, 0.2) is 58.6 Å². The summed E-state index contributed by atoms with van der Waals surface area (Å²) in [5.74, 6) is -0.582. The van der Waals surface area contributed by atoms with Crippen LogP contribution in [0.2, 0.25) is 5.02 Å². The van der Waals surface area contributed by atoms with Crippen molar-refractivity contribution in [3.8, 4) is 0 Å². The monoisotopic (exact) mass is 339 g/mol. The predicted octanol–water partition coefficient (Wildman–Crippen LogP) is 3.25. The molecule has 3 rings (SSSR count). The molecule has 0 spiro atoms. The molecule has 5 nitrogen and oxygen atoms in total. The number of fused-ring (bicyclic) bond motifs is 1. The summed E-state index contributed by atoms with van der Waals surface area (Å²) < 4.78 is 0. The van der Waals surface area contributed by atoms with Crippen LogP contribution in [0.1, 0.15) is 21.5 Å². The molecule has 0 aliphatic rings. The topological polar surface area (TPSA) is 74.3 Å². The summed E-state index contributed by atoms with van der Waals surface area (Å²) in [6.07, 6.45) is 2.89. The van der Waals surface area contributed by atoms with Crippen LogP contribution in [0.25, 0.3) is 10.9 Å². The Bertz CT molecular complexity index is 991. The van der Waals surface area contributed by atoms with E-state index >= 15 is 0 Å². The van der Waals surface area contributed by atoms with Crippen molar-refractivity contribution in [2.45, 2.75) is 6.92 Å². The van der Waals surface area contributed by atoms with E-state index in [9.17, 15) is 9.59 Å². The highest BCUT2D eigenvalue weighted by Gasteiger charge is 2.12. The van der Waals surface area contributed by atoms with Crippen molar-refractivity contribution in [3.63, 3.8) is 0 Å². The predicted molar refractivity (Wildman–Crippen MR) is 95.8 cm³/mol. The van der Waals surface area contributed by atoms with Crippen molar-refractivity contribution in [2.75, 3.05) is 0 Å². The first-order valence-corrected chi connectivity index (χ1v) is 7.63. The minimum atomic E-state index is -0.582. The van der Waals surface area contributed by atoms with Gasteiger partial charge in [0.25, 0.3) is 5.91 Å². The molecule has 0 saturated carbocycles. The van der Waals surface area contributed by atoms with E-state index in [1.54, 1.807) is 12.1 Å². The summed E-state index contributed by atoms with van der Waals surface area (Å²) >= 11 is 5.91. The van der Waals surface area contributed by atoms with Gasteiger partial charge in [-0.05, 0) is 30.7 Å². The molecule has 1 amide bonds. The molecule has 0 aliphatic carbocycles. The summed E-state index contributed by atoms with van der Waals surface area (Å²) in [6, 6.07) is 12.6. The molecule has 120 valence electrons. The first kappa shape index (κ1) is 16.0. The number of aromatic amines is 1. The summed E-state index contributed by atoms with van der Waals surface area (Å²) in [5.41, 5.74) is 4.54. The second-order valence-electron chi connectivity index (χ2n) is 5.33. The number of aromatic nitrogens is 1. The number of benzene rings is 2. The van der Waals surface area contributed by atoms with Gasteiger partial charge in [-0.3, -0.25) is 9.59 Å². The number of carbonyl (C=O) groups is 1. The SMILES string of the molecule is Cc1ccc(/C=N/NC(=O)c2c[nH]c3ccc(Cl)cc3c2=O)cc1. The highest BCUT2D eigenvalue weighted by molar-refractivity contribution is 6.31. The Morgan fingerprint density at radius 3 is 2.71 bits per heavy atom. The molecule has 0 fully saturated rings. The number of pyridine rings is 1. The van der Waals surface area contributed by atoms with Crippen LogP contribution >= 0.6 is 11.6 Å². The van der Waals surface area contributed by atoms with Gasteiger partial charge in [0.2, 0.25) is 5.43 Å². The largest absolute Gasteiger partial charge is 0.360 e. The standard InChI is InChI=1S/C18H14ClN3O2/c1-11-2-4-12(5-3-11)9-21-22-18(24)15-10-20-16-7-6-13(19)8-14(16)17(15)23/h2-10H,1H3,(H,20,23)(H,22,24)/b21-9+. The van der Waals surface area contributed by atoms with E-state index in [0.29, 0.717) is 15.9 Å². The maximum Gasteiger partial charge on any atom is 0.276 e. The molecule has 0 atom stereocenters. The Kier molecular flexibility index (Phi) is 4.44. The van der Waals surface area contributed by atoms with Crippen molar-refractivity contribution < 1.29 is 4.79 Å². The molecule has 6 heteroatoms. The van der Waals surface area contributed by atoms with Crippen molar-refractivity contribution >= 4 is 34.6 Å². The van der Waals surface area contributed by atoms with Crippen molar-refractivity contribution in [1.82, 2.24) is 10.4 Å². The number of nitrogens with one attached hydrogen (secondary N) is 2. The molecule has 0 bridgehead atoms. The van der Waals surface area contributed by atoms with E-state index in [2.05, 4.69) is 15.5 Å². The third-order valence-electron chi connectivity index (χ3n) is 3.54. The van der Waals surface area contributed by atoms with E-state index in [0.717, 1.165) is 11.1 Å². The molecule has 0 unspecified atom stereocenters. The fourth-order valence-corrected chi connectivity index (χ4v) is 2.41. The molecule has 0 aliphatic heterocycles. The first-order chi connectivity index (χ1) is 11.5. The molecule has 2 N–H and O–H groups in total. The highest BCUT2D eigenvalue weighted by atomic mass is 35.5. The average Bonchev–Trinajstić information content (AvgIpc) is 2.57. The van der Waals surface area contributed by atoms with E-state index in [1.807, 2.05) is 31.2 Å². The summed E-state index contributed by atoms with van der Waals surface area (Å²) in [4.78, 5) is 27.5. The zero-order valence-corrected chi connectivity index (χ0v) is 13.6. The Balaban J connectivity index is 1.82. The van der Waals surface area contributed by atoms with Crippen LogP contribution < -0.4 is 10.9 Å². The quantitative estimate of drug-likeness (QED) is 0.567. The lowest BCUT2D eigenvalue weighted by Gasteiger charge is -2.03. The Hall–Kier alpha value is -2.92. The molecule has 1 aromatic heterocycles. The lowest BCUT2D eigenvalue weighted by molar-refractivity contribution is 0.0954. The average molecular weight is 340 g/mol. The number of rotatable bonds is 3. The smallest absolute Gasteiger partial charge is 0.276 e. The molecule has 3 aromatic rings. The van der Waals surface area contributed by atoms with E-state index in [4.69, 9.17) is 11.6 Å². The lowest BCUT2D eigenvalue weighted by atomic mass is 10.1. The van der Waals surface area contributed by atoms with Crippen molar-refractivity contribution in [3.05, 3.63) is 80.6 Å². The van der Waals surface area contributed by atoms with Gasteiger partial charge >= 0.3 is 0 Å². The number of hydrogen-bond acceptors (Lipinski definition) is 3. The van der Waals surface area contributed by atoms with Gasteiger partial charge in [-0.1, -0.05) is 41.4 Å². The van der Waals surface area contributed by atoms with Crippen LogP contribution in [0.4, 0.5) is 0 Å². The zero-order valence-electron chi connectivity index (χ0n) is 12.8. The second-order valence-corrected chi connectivity index (χ2v) is 5.77. The molecule has 2 aromatic carbocycles. The Labute approximate surface area is 143 Å². The van der Waals surface area contributed by atoms with Crippen LogP contribution in [0, 0.1) is 6.92 Å². The van der Waals surface area contributed by atoms with Crippen LogP contribution in [0.5, 0.6) is 0 Å². The van der Waals surface area contributed by atoms with E-state index in [-0.39, 0.29) is 5.56 Å². The van der Waals surface area contributed by atoms with Gasteiger partial charge in [0.1, 0.15) is 5.56 Å². The molecule has 0 radical (unpaired) electrons. The maximum atomic E-state index is 12.4. The normalized spacial score (nSPS) is 11.1. The number of nitrogens with zero attached hydrogens (tertiary/aromatic N) is 1. The summed E-state index contributed by atoms with van der Waals surface area (Å²) in [5, 5.41) is 4.68. The van der Waals surface area contributed by atoms with Crippen molar-refractivity contribution in [2.24, 2.45) is 5.10 Å².